The van der Waals surface area contributed by atoms with Crippen LogP contribution in [0.5, 0.6) is 0 Å². The Morgan fingerprint density at radius 3 is 2.44 bits per heavy atom. The molecule has 90 valence electrons. The first-order chi connectivity index (χ1) is 7.47. The quantitative estimate of drug-likeness (QED) is 0.656. The van der Waals surface area contributed by atoms with Crippen LogP contribution in [0, 0.1) is 11.8 Å². The van der Waals surface area contributed by atoms with Crippen LogP contribution in [0.25, 0.3) is 0 Å². The van der Waals surface area contributed by atoms with Gasteiger partial charge in [-0.15, -0.1) is 0 Å². The van der Waals surface area contributed by atoms with Crippen LogP contribution in [0.4, 0.5) is 0 Å². The molecule has 1 aliphatic rings. The summed E-state index contributed by atoms with van der Waals surface area (Å²) >= 11 is 0. The fraction of sp³-hybridized carbons (Fsp3) is 0.700. The summed E-state index contributed by atoms with van der Waals surface area (Å²) in [5, 5.41) is 8.67. The Morgan fingerprint density at radius 2 is 2.00 bits per heavy atom. The topological polar surface area (TPSA) is 83.9 Å². The maximum absolute atomic E-state index is 11.6. The molecule has 2 unspecified atom stereocenters. The lowest BCUT2D eigenvalue weighted by Crippen LogP contribution is -2.31. The van der Waals surface area contributed by atoms with Crippen LogP contribution in [-0.4, -0.2) is 48.6 Å². The number of aliphatic carboxylic acids is 1. The van der Waals surface area contributed by atoms with E-state index < -0.39 is 17.8 Å². The van der Waals surface area contributed by atoms with Crippen molar-refractivity contribution in [2.75, 3.05) is 20.7 Å². The smallest absolute Gasteiger partial charge is 0.307 e. The van der Waals surface area contributed by atoms with Crippen molar-refractivity contribution in [3.05, 3.63) is 0 Å². The molecule has 1 N–H and O–H groups in total. The van der Waals surface area contributed by atoms with Crippen LogP contribution < -0.4 is 0 Å². The summed E-state index contributed by atoms with van der Waals surface area (Å²) in [4.78, 5) is 34.4. The molecule has 0 bridgehead atoms. The Hall–Kier alpha value is -1.59. The summed E-state index contributed by atoms with van der Waals surface area (Å²) < 4.78 is 4.44. The molecule has 0 aromatic heterocycles. The predicted octanol–water partition coefficient (Wildman–Crippen LogP) is -0.271. The van der Waals surface area contributed by atoms with Crippen LogP contribution in [0.15, 0.2) is 0 Å². The second kappa shape index (κ2) is 4.96. The van der Waals surface area contributed by atoms with Crippen molar-refractivity contribution in [3.8, 4) is 0 Å². The summed E-state index contributed by atoms with van der Waals surface area (Å²) in [6.45, 7) is 0.258. The molecule has 2 atom stereocenters. The molecule has 6 nitrogen and oxygen atoms in total. The van der Waals surface area contributed by atoms with E-state index in [1.54, 1.807) is 7.05 Å². The average Bonchev–Trinajstić information content (AvgIpc) is 3.04. The SMILES string of the molecule is COC(=O)CCN(C)C(=O)C1CC1C(=O)O. The molecule has 1 saturated carbocycles. The third kappa shape index (κ3) is 2.95. The molecule has 16 heavy (non-hydrogen) atoms. The number of hydrogen-bond donors (Lipinski definition) is 1. The highest BCUT2D eigenvalue weighted by Crippen LogP contribution is 2.39. The van der Waals surface area contributed by atoms with Crippen molar-refractivity contribution < 1.29 is 24.2 Å². The highest BCUT2D eigenvalue weighted by Gasteiger charge is 2.49. The molecule has 0 spiro atoms. The largest absolute Gasteiger partial charge is 0.481 e. The van der Waals surface area contributed by atoms with E-state index in [4.69, 9.17) is 5.11 Å². The Kier molecular flexibility index (Phi) is 3.87. The number of methoxy groups -OCH3 is 1. The Bertz CT molecular complexity index is 314. The lowest BCUT2D eigenvalue weighted by Gasteiger charge is -2.16. The monoisotopic (exact) mass is 229 g/mol. The highest BCUT2D eigenvalue weighted by atomic mass is 16.5. The van der Waals surface area contributed by atoms with E-state index in [0.29, 0.717) is 6.42 Å². The first kappa shape index (κ1) is 12.5. The third-order valence-electron chi connectivity index (χ3n) is 2.68. The van der Waals surface area contributed by atoms with Gasteiger partial charge in [-0.05, 0) is 6.42 Å². The number of carboxylic acids is 1. The summed E-state index contributed by atoms with van der Waals surface area (Å²) in [6, 6.07) is 0. The van der Waals surface area contributed by atoms with Gasteiger partial charge in [0.25, 0.3) is 0 Å². The minimum absolute atomic E-state index is 0.128. The van der Waals surface area contributed by atoms with E-state index in [-0.39, 0.29) is 24.8 Å². The van der Waals surface area contributed by atoms with Gasteiger partial charge in [-0.2, -0.15) is 0 Å². The van der Waals surface area contributed by atoms with Gasteiger partial charge >= 0.3 is 11.9 Å². The first-order valence-electron chi connectivity index (χ1n) is 5.02. The fourth-order valence-electron chi connectivity index (χ4n) is 1.50. The summed E-state index contributed by atoms with van der Waals surface area (Å²) in [5.41, 5.74) is 0. The van der Waals surface area contributed by atoms with Crippen LogP contribution in [0.1, 0.15) is 12.8 Å². The van der Waals surface area contributed by atoms with Gasteiger partial charge in [0.15, 0.2) is 0 Å². The van der Waals surface area contributed by atoms with Gasteiger partial charge < -0.3 is 14.7 Å². The zero-order chi connectivity index (χ0) is 12.3. The minimum atomic E-state index is -0.931. The number of hydrogen-bond acceptors (Lipinski definition) is 4. The van der Waals surface area contributed by atoms with E-state index in [2.05, 4.69) is 4.74 Å². The summed E-state index contributed by atoms with van der Waals surface area (Å²) in [5.74, 6) is -2.49. The van der Waals surface area contributed by atoms with E-state index in [0.717, 1.165) is 0 Å². The van der Waals surface area contributed by atoms with Gasteiger partial charge in [-0.1, -0.05) is 0 Å². The van der Waals surface area contributed by atoms with Crippen LogP contribution in [-0.2, 0) is 19.1 Å². The number of carbonyl (C=O) groups excluding carboxylic acids is 2. The molecule has 0 aliphatic heterocycles. The zero-order valence-electron chi connectivity index (χ0n) is 9.30. The van der Waals surface area contributed by atoms with Gasteiger partial charge in [0, 0.05) is 13.6 Å². The van der Waals surface area contributed by atoms with Crippen molar-refractivity contribution in [2.24, 2.45) is 11.8 Å². The molecular weight excluding hydrogens is 214 g/mol. The third-order valence-corrected chi connectivity index (χ3v) is 2.68. The lowest BCUT2D eigenvalue weighted by molar-refractivity contribution is -0.143. The van der Waals surface area contributed by atoms with Gasteiger partial charge in [0.2, 0.25) is 5.91 Å². The van der Waals surface area contributed by atoms with E-state index in [9.17, 15) is 14.4 Å². The molecule has 6 heteroatoms. The molecule has 0 aromatic rings. The second-order valence-corrected chi connectivity index (χ2v) is 3.87. The molecule has 1 rings (SSSR count). The fourth-order valence-corrected chi connectivity index (χ4v) is 1.50. The maximum Gasteiger partial charge on any atom is 0.307 e. The zero-order valence-corrected chi connectivity index (χ0v) is 9.30. The minimum Gasteiger partial charge on any atom is -0.481 e. The number of ether oxygens (including phenoxy) is 1. The summed E-state index contributed by atoms with van der Waals surface area (Å²) in [7, 11) is 2.84. The van der Waals surface area contributed by atoms with E-state index >= 15 is 0 Å². The molecule has 0 aromatic carbocycles. The number of carbonyl (C=O) groups is 3. The van der Waals surface area contributed by atoms with Crippen molar-refractivity contribution in [1.82, 2.24) is 4.90 Å². The predicted molar refractivity (Wildman–Crippen MR) is 53.5 cm³/mol. The number of nitrogens with zero attached hydrogens (tertiary/aromatic N) is 1. The Morgan fingerprint density at radius 1 is 1.38 bits per heavy atom. The van der Waals surface area contributed by atoms with Crippen LogP contribution >= 0.6 is 0 Å². The molecule has 1 aliphatic carbocycles. The van der Waals surface area contributed by atoms with Crippen molar-refractivity contribution >= 4 is 17.8 Å². The average molecular weight is 229 g/mol. The molecule has 0 saturated heterocycles. The Labute approximate surface area is 93.2 Å². The van der Waals surface area contributed by atoms with Gasteiger partial charge in [0.05, 0.1) is 25.4 Å². The van der Waals surface area contributed by atoms with Gasteiger partial charge in [-0.25, -0.2) is 0 Å². The molecule has 1 fully saturated rings. The number of carboxylic acid groups (broad SMARTS) is 1. The van der Waals surface area contributed by atoms with Crippen molar-refractivity contribution in [1.29, 1.82) is 0 Å². The Balaban J connectivity index is 2.33. The normalized spacial score (nSPS) is 22.4. The van der Waals surface area contributed by atoms with Crippen LogP contribution in [0.3, 0.4) is 0 Å². The van der Waals surface area contributed by atoms with E-state index in [1.165, 1.54) is 12.0 Å². The van der Waals surface area contributed by atoms with Gasteiger partial charge in [0.1, 0.15) is 0 Å². The number of rotatable bonds is 5. The molecule has 1 amide bonds. The second-order valence-electron chi connectivity index (χ2n) is 3.87. The van der Waals surface area contributed by atoms with Gasteiger partial charge in [-0.3, -0.25) is 14.4 Å². The maximum atomic E-state index is 11.6. The van der Waals surface area contributed by atoms with Crippen LogP contribution in [0.2, 0.25) is 0 Å². The van der Waals surface area contributed by atoms with Crippen molar-refractivity contribution in [2.45, 2.75) is 12.8 Å². The van der Waals surface area contributed by atoms with Crippen molar-refractivity contribution in [3.63, 3.8) is 0 Å². The summed E-state index contributed by atoms with van der Waals surface area (Å²) in [6.07, 6.45) is 0.528. The molecule has 0 heterocycles. The molecule has 0 radical (unpaired) electrons. The number of amides is 1. The number of esters is 1. The highest BCUT2D eigenvalue weighted by molar-refractivity contribution is 5.89. The standard InChI is InChI=1S/C10H15NO5/c1-11(4-3-8(12)16-2)9(13)6-5-7(6)10(14)15/h6-7H,3-5H2,1-2H3,(H,14,15). The lowest BCUT2D eigenvalue weighted by atomic mass is 10.2. The van der Waals surface area contributed by atoms with E-state index in [1.807, 2.05) is 0 Å². The molecular formula is C10H15NO5. The first-order valence-corrected chi connectivity index (χ1v) is 5.02.